The van der Waals surface area contributed by atoms with E-state index in [0.29, 0.717) is 23.9 Å². The Morgan fingerprint density at radius 2 is 1.82 bits per heavy atom. The largest absolute Gasteiger partial charge is 0.486 e. The van der Waals surface area contributed by atoms with Gasteiger partial charge in [-0.15, -0.1) is 0 Å². The Hall–Kier alpha value is -2.24. The Labute approximate surface area is 129 Å². The van der Waals surface area contributed by atoms with Gasteiger partial charge in [-0.2, -0.15) is 0 Å². The second-order valence-electron chi connectivity index (χ2n) is 5.36. The standard InChI is InChI=1S/C17H19NO4/c18-10-17(19)11-21-15-8-4-7-14(16(15)22-12-17)20-9-13-5-2-1-3-6-13/h1-8,19H,9-12,18H2. The Kier molecular flexibility index (Phi) is 4.18. The fourth-order valence-electron chi connectivity index (χ4n) is 2.18. The predicted molar refractivity (Wildman–Crippen MR) is 82.2 cm³/mol. The predicted octanol–water partition coefficient (Wildman–Crippen LogP) is 1.73. The van der Waals surface area contributed by atoms with Crippen molar-refractivity contribution in [3.05, 3.63) is 54.1 Å². The van der Waals surface area contributed by atoms with Gasteiger partial charge in [-0.05, 0) is 17.7 Å². The van der Waals surface area contributed by atoms with Crippen LogP contribution in [0.15, 0.2) is 48.5 Å². The Balaban J connectivity index is 1.77. The van der Waals surface area contributed by atoms with Gasteiger partial charge in [0.05, 0.1) is 0 Å². The number of nitrogens with two attached hydrogens (primary N) is 1. The fourth-order valence-corrected chi connectivity index (χ4v) is 2.18. The molecule has 0 amide bonds. The molecule has 1 atom stereocenters. The number of benzene rings is 2. The number of ether oxygens (including phenoxy) is 3. The highest BCUT2D eigenvalue weighted by Crippen LogP contribution is 2.39. The molecule has 0 bridgehead atoms. The summed E-state index contributed by atoms with van der Waals surface area (Å²) < 4.78 is 17.1. The van der Waals surface area contributed by atoms with Crippen LogP contribution in [0.25, 0.3) is 0 Å². The molecule has 0 saturated heterocycles. The van der Waals surface area contributed by atoms with Crippen molar-refractivity contribution in [3.63, 3.8) is 0 Å². The first kappa shape index (κ1) is 14.7. The smallest absolute Gasteiger partial charge is 0.203 e. The molecule has 0 aliphatic carbocycles. The zero-order valence-electron chi connectivity index (χ0n) is 12.2. The van der Waals surface area contributed by atoms with Gasteiger partial charge in [0.2, 0.25) is 5.75 Å². The van der Waals surface area contributed by atoms with Crippen LogP contribution in [-0.4, -0.2) is 30.5 Å². The van der Waals surface area contributed by atoms with Gasteiger partial charge in [-0.25, -0.2) is 0 Å². The second-order valence-corrected chi connectivity index (χ2v) is 5.36. The summed E-state index contributed by atoms with van der Waals surface area (Å²) in [6.45, 7) is 0.670. The van der Waals surface area contributed by atoms with E-state index < -0.39 is 5.60 Å². The van der Waals surface area contributed by atoms with Crippen LogP contribution in [0.4, 0.5) is 0 Å². The number of fused-ring (bicyclic) bond motifs is 1. The Morgan fingerprint density at radius 1 is 1.05 bits per heavy atom. The lowest BCUT2D eigenvalue weighted by Gasteiger charge is -2.22. The van der Waals surface area contributed by atoms with E-state index in [1.165, 1.54) is 0 Å². The molecule has 1 aliphatic rings. The first-order chi connectivity index (χ1) is 10.7. The molecule has 5 nitrogen and oxygen atoms in total. The van der Waals surface area contributed by atoms with E-state index in [1.807, 2.05) is 42.5 Å². The average molecular weight is 301 g/mol. The molecular formula is C17H19NO4. The molecule has 116 valence electrons. The highest BCUT2D eigenvalue weighted by molar-refractivity contribution is 5.51. The zero-order valence-corrected chi connectivity index (χ0v) is 12.2. The number of hydrogen-bond donors (Lipinski definition) is 2. The lowest BCUT2D eigenvalue weighted by atomic mass is 10.1. The zero-order chi connectivity index (χ0) is 15.4. The molecule has 0 radical (unpaired) electrons. The summed E-state index contributed by atoms with van der Waals surface area (Å²) in [5.74, 6) is 1.64. The molecule has 0 saturated carbocycles. The summed E-state index contributed by atoms with van der Waals surface area (Å²) in [5.41, 5.74) is 5.45. The van der Waals surface area contributed by atoms with E-state index >= 15 is 0 Å². The fraction of sp³-hybridized carbons (Fsp3) is 0.294. The lowest BCUT2D eigenvalue weighted by Crippen LogP contribution is -2.47. The summed E-state index contributed by atoms with van der Waals surface area (Å²) in [5, 5.41) is 10.2. The van der Waals surface area contributed by atoms with Gasteiger partial charge in [0.1, 0.15) is 25.4 Å². The minimum absolute atomic E-state index is 0.0706. The third-order valence-corrected chi connectivity index (χ3v) is 3.54. The van der Waals surface area contributed by atoms with Gasteiger partial charge < -0.3 is 25.1 Å². The van der Waals surface area contributed by atoms with E-state index in [0.717, 1.165) is 5.56 Å². The molecule has 3 N–H and O–H groups in total. The van der Waals surface area contributed by atoms with Crippen molar-refractivity contribution in [2.24, 2.45) is 5.73 Å². The van der Waals surface area contributed by atoms with Crippen molar-refractivity contribution >= 4 is 0 Å². The molecule has 0 aromatic heterocycles. The van der Waals surface area contributed by atoms with Crippen molar-refractivity contribution in [2.45, 2.75) is 12.2 Å². The summed E-state index contributed by atoms with van der Waals surface area (Å²) in [6, 6.07) is 15.3. The van der Waals surface area contributed by atoms with Crippen LogP contribution in [-0.2, 0) is 6.61 Å². The molecular weight excluding hydrogens is 282 g/mol. The van der Waals surface area contributed by atoms with Crippen molar-refractivity contribution in [1.82, 2.24) is 0 Å². The van der Waals surface area contributed by atoms with Crippen LogP contribution in [0.3, 0.4) is 0 Å². The van der Waals surface area contributed by atoms with Crippen LogP contribution in [0.1, 0.15) is 5.56 Å². The van der Waals surface area contributed by atoms with Crippen LogP contribution in [0.2, 0.25) is 0 Å². The van der Waals surface area contributed by atoms with Gasteiger partial charge in [0.15, 0.2) is 11.5 Å². The first-order valence-corrected chi connectivity index (χ1v) is 7.18. The average Bonchev–Trinajstić information content (AvgIpc) is 2.74. The minimum atomic E-state index is -1.18. The number of aliphatic hydroxyl groups is 1. The van der Waals surface area contributed by atoms with E-state index in [4.69, 9.17) is 19.9 Å². The topological polar surface area (TPSA) is 73.9 Å². The maximum absolute atomic E-state index is 10.2. The third kappa shape index (κ3) is 3.16. The lowest BCUT2D eigenvalue weighted by molar-refractivity contribution is -0.0205. The van der Waals surface area contributed by atoms with Gasteiger partial charge >= 0.3 is 0 Å². The summed E-state index contributed by atoms with van der Waals surface area (Å²) in [6.07, 6.45) is 0. The van der Waals surface area contributed by atoms with Crippen molar-refractivity contribution in [1.29, 1.82) is 0 Å². The van der Waals surface area contributed by atoms with E-state index in [1.54, 1.807) is 6.07 Å². The van der Waals surface area contributed by atoms with Gasteiger partial charge in [0.25, 0.3) is 0 Å². The monoisotopic (exact) mass is 301 g/mol. The molecule has 0 fully saturated rings. The maximum Gasteiger partial charge on any atom is 0.203 e. The normalized spacial score (nSPS) is 20.3. The molecule has 2 aromatic carbocycles. The highest BCUT2D eigenvalue weighted by atomic mass is 16.6. The van der Waals surface area contributed by atoms with Crippen LogP contribution >= 0.6 is 0 Å². The quantitative estimate of drug-likeness (QED) is 0.899. The summed E-state index contributed by atoms with van der Waals surface area (Å²) in [7, 11) is 0. The highest BCUT2D eigenvalue weighted by Gasteiger charge is 2.32. The first-order valence-electron chi connectivity index (χ1n) is 7.18. The van der Waals surface area contributed by atoms with Crippen LogP contribution in [0.5, 0.6) is 17.2 Å². The molecule has 2 aromatic rings. The molecule has 3 rings (SSSR count). The van der Waals surface area contributed by atoms with Crippen molar-refractivity contribution in [2.75, 3.05) is 19.8 Å². The summed E-state index contributed by atoms with van der Waals surface area (Å²) >= 11 is 0. The maximum atomic E-state index is 10.2. The molecule has 1 heterocycles. The molecule has 1 unspecified atom stereocenters. The third-order valence-electron chi connectivity index (χ3n) is 3.54. The van der Waals surface area contributed by atoms with E-state index in [-0.39, 0.29) is 19.8 Å². The van der Waals surface area contributed by atoms with Crippen molar-refractivity contribution < 1.29 is 19.3 Å². The van der Waals surface area contributed by atoms with Crippen LogP contribution in [0, 0.1) is 0 Å². The number of rotatable bonds is 4. The van der Waals surface area contributed by atoms with E-state index in [2.05, 4.69) is 0 Å². The van der Waals surface area contributed by atoms with Gasteiger partial charge in [0, 0.05) is 6.54 Å². The number of para-hydroxylation sites is 1. The Bertz CT molecular complexity index is 632. The van der Waals surface area contributed by atoms with Gasteiger partial charge in [-0.1, -0.05) is 36.4 Å². The van der Waals surface area contributed by atoms with E-state index in [9.17, 15) is 5.11 Å². The molecule has 1 aliphatic heterocycles. The Morgan fingerprint density at radius 3 is 2.59 bits per heavy atom. The SMILES string of the molecule is NCC1(O)COc2cccc(OCc3ccccc3)c2OC1. The molecule has 5 heteroatoms. The molecule has 0 spiro atoms. The minimum Gasteiger partial charge on any atom is -0.486 e. The summed E-state index contributed by atoms with van der Waals surface area (Å²) in [4.78, 5) is 0. The van der Waals surface area contributed by atoms with Crippen molar-refractivity contribution in [3.8, 4) is 17.2 Å². The number of hydrogen-bond acceptors (Lipinski definition) is 5. The van der Waals surface area contributed by atoms with Gasteiger partial charge in [-0.3, -0.25) is 0 Å². The van der Waals surface area contributed by atoms with Crippen LogP contribution < -0.4 is 19.9 Å². The second kappa shape index (κ2) is 6.25. The molecule has 22 heavy (non-hydrogen) atoms.